The third-order valence-electron chi connectivity index (χ3n) is 13.2. The van der Waals surface area contributed by atoms with Crippen LogP contribution in [0.15, 0.2) is 247 Å². The number of fused-ring (bicyclic) bond motifs is 9. The van der Waals surface area contributed by atoms with E-state index in [9.17, 15) is 0 Å². The third-order valence-corrected chi connectivity index (χ3v) is 13.2. The number of anilines is 3. The van der Waals surface area contributed by atoms with Crippen molar-refractivity contribution in [1.29, 1.82) is 0 Å². The van der Waals surface area contributed by atoms with Crippen molar-refractivity contribution in [3.05, 3.63) is 243 Å². The fraction of sp³-hybridized carbons (Fsp3) is 0. The molecule has 11 aromatic carbocycles. The maximum absolute atomic E-state index is 6.25. The van der Waals surface area contributed by atoms with Gasteiger partial charge in [0.05, 0.1) is 11.0 Å². The lowest BCUT2D eigenvalue weighted by Crippen LogP contribution is -2.09. The van der Waals surface area contributed by atoms with Crippen LogP contribution >= 0.6 is 0 Å². The van der Waals surface area contributed by atoms with Crippen LogP contribution < -0.4 is 4.90 Å². The average molecular weight is 829 g/mol. The second kappa shape index (κ2) is 15.0. The predicted octanol–water partition coefficient (Wildman–Crippen LogP) is 17.5. The summed E-state index contributed by atoms with van der Waals surface area (Å²) in [6, 6.07) is 87.8. The average Bonchev–Trinajstić information content (AvgIpc) is 3.92. The van der Waals surface area contributed by atoms with Gasteiger partial charge in [0.2, 0.25) is 0 Å². The summed E-state index contributed by atoms with van der Waals surface area (Å²) < 4.78 is 8.63. The minimum Gasteiger partial charge on any atom is -0.456 e. The molecule has 2 aromatic heterocycles. The van der Waals surface area contributed by atoms with Crippen LogP contribution in [0, 0.1) is 0 Å². The highest BCUT2D eigenvalue weighted by Gasteiger charge is 2.17. The molecule has 0 aliphatic rings. The first kappa shape index (κ1) is 36.9. The fourth-order valence-corrected chi connectivity index (χ4v) is 10.0. The van der Waals surface area contributed by atoms with Crippen LogP contribution in [0.3, 0.4) is 0 Å². The smallest absolute Gasteiger partial charge is 0.136 e. The summed E-state index contributed by atoms with van der Waals surface area (Å²) in [5.41, 5.74) is 15.6. The molecule has 304 valence electrons. The van der Waals surface area contributed by atoms with E-state index in [1.54, 1.807) is 0 Å². The molecule has 0 aliphatic heterocycles. The van der Waals surface area contributed by atoms with E-state index in [-0.39, 0.29) is 0 Å². The van der Waals surface area contributed by atoms with Crippen LogP contribution in [0.1, 0.15) is 0 Å². The lowest BCUT2D eigenvalue weighted by atomic mass is 9.98. The summed E-state index contributed by atoms with van der Waals surface area (Å²) in [6.07, 6.45) is 0. The number of hydrogen-bond donors (Lipinski definition) is 0. The zero-order valence-corrected chi connectivity index (χ0v) is 35.4. The standard InChI is InChI=1S/C62H40N2O/c1-2-16-53-43(11-1)23-24-48-39-52(34-36-54(48)53)63(49-30-25-41(26-31-49)44-12-9-13-45(37-44)47-29-35-58-57-19-5-8-22-61(57)65-62(58)40-47)50-32-27-42(28-33-50)46-14-10-15-51(38-46)64-59-20-6-3-17-55(59)56-18-4-7-21-60(56)64/h1-40H. The molecule has 0 amide bonds. The van der Waals surface area contributed by atoms with E-state index in [0.29, 0.717) is 0 Å². The number of para-hydroxylation sites is 3. The Morgan fingerprint density at radius 2 is 0.769 bits per heavy atom. The van der Waals surface area contributed by atoms with Crippen LogP contribution in [0.25, 0.3) is 104 Å². The number of rotatable bonds is 7. The number of nitrogens with zero attached hydrogens (tertiary/aromatic N) is 2. The molecule has 0 spiro atoms. The normalized spacial score (nSPS) is 11.7. The molecule has 0 unspecified atom stereocenters. The molecular weight excluding hydrogens is 789 g/mol. The van der Waals surface area contributed by atoms with Crippen molar-refractivity contribution in [1.82, 2.24) is 4.57 Å². The lowest BCUT2D eigenvalue weighted by molar-refractivity contribution is 0.669. The van der Waals surface area contributed by atoms with Crippen LogP contribution in [-0.4, -0.2) is 4.57 Å². The highest BCUT2D eigenvalue weighted by molar-refractivity contribution is 6.10. The maximum atomic E-state index is 6.25. The van der Waals surface area contributed by atoms with Crippen LogP contribution in [0.2, 0.25) is 0 Å². The van der Waals surface area contributed by atoms with Gasteiger partial charge in [-0.1, -0.05) is 158 Å². The molecule has 13 aromatic rings. The molecule has 65 heavy (non-hydrogen) atoms. The van der Waals surface area contributed by atoms with Gasteiger partial charge in [-0.15, -0.1) is 0 Å². The van der Waals surface area contributed by atoms with Gasteiger partial charge in [0, 0.05) is 44.3 Å². The Labute approximate surface area is 376 Å². The van der Waals surface area contributed by atoms with Crippen molar-refractivity contribution in [2.75, 3.05) is 4.90 Å². The second-order valence-corrected chi connectivity index (χ2v) is 16.9. The van der Waals surface area contributed by atoms with Gasteiger partial charge in [0.1, 0.15) is 11.2 Å². The van der Waals surface area contributed by atoms with E-state index in [1.165, 1.54) is 48.9 Å². The SMILES string of the molecule is c1cc(-c2ccc(N(c3ccc(-c4cccc(-n5c6ccccc6c6ccccc65)c4)cc3)c3ccc4c(ccc5ccccc54)c3)cc2)cc(-c2ccc3c(c2)oc2ccccc23)c1. The van der Waals surface area contributed by atoms with Gasteiger partial charge in [0.25, 0.3) is 0 Å². The Balaban J connectivity index is 0.869. The molecule has 2 heterocycles. The third kappa shape index (κ3) is 6.28. The Kier molecular flexibility index (Phi) is 8.53. The number of hydrogen-bond acceptors (Lipinski definition) is 2. The summed E-state index contributed by atoms with van der Waals surface area (Å²) in [6.45, 7) is 0. The second-order valence-electron chi connectivity index (χ2n) is 16.9. The first-order valence-electron chi connectivity index (χ1n) is 22.2. The largest absolute Gasteiger partial charge is 0.456 e. The van der Waals surface area contributed by atoms with Crippen molar-refractivity contribution in [3.8, 4) is 39.1 Å². The quantitative estimate of drug-likeness (QED) is 0.149. The predicted molar refractivity (Wildman–Crippen MR) is 274 cm³/mol. The van der Waals surface area contributed by atoms with E-state index >= 15 is 0 Å². The van der Waals surface area contributed by atoms with Gasteiger partial charge in [-0.25, -0.2) is 0 Å². The molecule has 0 fully saturated rings. The van der Waals surface area contributed by atoms with Gasteiger partial charge < -0.3 is 13.9 Å². The Hall–Kier alpha value is -8.66. The molecule has 0 radical (unpaired) electrons. The highest BCUT2D eigenvalue weighted by atomic mass is 16.3. The Morgan fingerprint density at radius 3 is 1.49 bits per heavy atom. The molecule has 0 atom stereocenters. The first-order chi connectivity index (χ1) is 32.2. The lowest BCUT2D eigenvalue weighted by Gasteiger charge is -2.26. The number of aromatic nitrogens is 1. The summed E-state index contributed by atoms with van der Waals surface area (Å²) in [5.74, 6) is 0. The number of furan rings is 1. The van der Waals surface area contributed by atoms with Crippen LogP contribution in [0.5, 0.6) is 0 Å². The number of benzene rings is 11. The fourth-order valence-electron chi connectivity index (χ4n) is 10.0. The van der Waals surface area contributed by atoms with Crippen molar-refractivity contribution in [2.45, 2.75) is 0 Å². The first-order valence-corrected chi connectivity index (χ1v) is 22.2. The highest BCUT2D eigenvalue weighted by Crippen LogP contribution is 2.41. The van der Waals surface area contributed by atoms with E-state index in [2.05, 4.69) is 240 Å². The minimum atomic E-state index is 0.904. The van der Waals surface area contributed by atoms with Crippen molar-refractivity contribution in [3.63, 3.8) is 0 Å². The minimum absolute atomic E-state index is 0.904. The van der Waals surface area contributed by atoms with E-state index in [1.807, 2.05) is 12.1 Å². The monoisotopic (exact) mass is 828 g/mol. The van der Waals surface area contributed by atoms with Gasteiger partial charge in [0.15, 0.2) is 0 Å². The van der Waals surface area contributed by atoms with Crippen LogP contribution in [-0.2, 0) is 0 Å². The molecule has 3 nitrogen and oxygen atoms in total. The van der Waals surface area contributed by atoms with E-state index < -0.39 is 0 Å². The molecule has 0 aliphatic carbocycles. The summed E-state index contributed by atoms with van der Waals surface area (Å²) in [7, 11) is 0. The van der Waals surface area contributed by atoms with Crippen molar-refractivity contribution < 1.29 is 4.42 Å². The molecular formula is C62H40N2O. The van der Waals surface area contributed by atoms with Crippen molar-refractivity contribution in [2.24, 2.45) is 0 Å². The zero-order chi connectivity index (χ0) is 42.8. The van der Waals surface area contributed by atoms with Gasteiger partial charge >= 0.3 is 0 Å². The summed E-state index contributed by atoms with van der Waals surface area (Å²) >= 11 is 0. The molecule has 0 N–H and O–H groups in total. The zero-order valence-electron chi connectivity index (χ0n) is 35.4. The van der Waals surface area contributed by atoms with Gasteiger partial charge in [-0.2, -0.15) is 0 Å². The summed E-state index contributed by atoms with van der Waals surface area (Å²) in [5, 5.41) is 9.78. The maximum Gasteiger partial charge on any atom is 0.136 e. The van der Waals surface area contributed by atoms with E-state index in [4.69, 9.17) is 4.42 Å². The van der Waals surface area contributed by atoms with Gasteiger partial charge in [-0.05, 0) is 140 Å². The van der Waals surface area contributed by atoms with E-state index in [0.717, 1.165) is 72.5 Å². The molecule has 3 heteroatoms. The molecule has 13 rings (SSSR count). The molecule has 0 bridgehead atoms. The topological polar surface area (TPSA) is 21.3 Å². The molecule has 0 saturated carbocycles. The Bertz CT molecular complexity index is 3900. The molecule has 0 saturated heterocycles. The Morgan fingerprint density at radius 1 is 0.277 bits per heavy atom. The summed E-state index contributed by atoms with van der Waals surface area (Å²) in [4.78, 5) is 2.37. The van der Waals surface area contributed by atoms with Crippen molar-refractivity contribution >= 4 is 82.4 Å². The van der Waals surface area contributed by atoms with Gasteiger partial charge in [-0.3, -0.25) is 0 Å². The van der Waals surface area contributed by atoms with Crippen LogP contribution in [0.4, 0.5) is 17.1 Å².